The molecule has 0 spiro atoms. The first-order chi connectivity index (χ1) is 27.7. The summed E-state index contributed by atoms with van der Waals surface area (Å²) >= 11 is 0. The maximum absolute atomic E-state index is 13.3. The van der Waals surface area contributed by atoms with Crippen molar-refractivity contribution in [1.29, 1.82) is 0 Å². The van der Waals surface area contributed by atoms with E-state index in [0.717, 1.165) is 5.56 Å². The van der Waals surface area contributed by atoms with Crippen molar-refractivity contribution in [1.82, 2.24) is 10.6 Å². The number of carbonyl (C=O) groups is 6. The van der Waals surface area contributed by atoms with Crippen LogP contribution in [0.1, 0.15) is 65.3 Å². The number of rotatable bonds is 19. The number of benzene rings is 4. The lowest BCUT2D eigenvalue weighted by molar-refractivity contribution is -0.136. The lowest BCUT2D eigenvalue weighted by Gasteiger charge is -2.23. The van der Waals surface area contributed by atoms with Crippen LogP contribution in [0.4, 0.5) is 0 Å². The second-order valence-electron chi connectivity index (χ2n) is 14.2. The van der Waals surface area contributed by atoms with E-state index in [1.807, 2.05) is 18.2 Å². The predicted octanol–water partition coefficient (Wildman–Crippen LogP) is 4.32. The maximum Gasteiger partial charge on any atom is 0.336 e. The molecule has 2 aliphatic rings. The van der Waals surface area contributed by atoms with Crippen LogP contribution in [0.5, 0.6) is 5.75 Å². The van der Waals surface area contributed by atoms with Crippen molar-refractivity contribution in [3.8, 4) is 28.2 Å². The second kappa shape index (κ2) is 19.1. The molecule has 1 aliphatic heterocycles. The quantitative estimate of drug-likeness (QED) is 0.0507. The topological polar surface area (TPSA) is 238 Å². The van der Waals surface area contributed by atoms with Crippen molar-refractivity contribution in [3.05, 3.63) is 112 Å². The number of hydrogen-bond donors (Lipinski definition) is 6. The molecule has 14 heteroatoms. The van der Waals surface area contributed by atoms with Gasteiger partial charge in [-0.1, -0.05) is 42.5 Å². The second-order valence-corrected chi connectivity index (χ2v) is 14.2. The standard InChI is InChI=1S/C44H44N2O12/c1-24(48)34(43(55)46-36(23-47)38(53)19-27(42(54)45-2)17-25-7-4-3-5-8-25)20-28(49)9-6-10-37(52)26-11-14-31(35(18-26)44(56)57)41-32-15-12-29(50)21-39(32)58-40-22-30(51)13-16-33(40)41/h3-5,7-8,11-16,18,21-22,24,27,34,36,47-48,50H,6,9-10,17,19-20,23H2,1-2H3,(H,45,54)(H,46,55)(H,56,57)/t24?,27-,34+,36+/m1/s1. The van der Waals surface area contributed by atoms with Crippen LogP contribution in [0.15, 0.2) is 94.1 Å². The highest BCUT2D eigenvalue weighted by Crippen LogP contribution is 2.42. The number of amides is 2. The van der Waals surface area contributed by atoms with E-state index < -0.39 is 66.2 Å². The molecule has 0 aromatic heterocycles. The van der Waals surface area contributed by atoms with E-state index in [1.165, 1.54) is 62.5 Å². The van der Waals surface area contributed by atoms with Gasteiger partial charge in [0.15, 0.2) is 17.0 Å². The van der Waals surface area contributed by atoms with E-state index >= 15 is 0 Å². The molecule has 2 amide bonds. The number of fused-ring (bicyclic) bond motifs is 2. The van der Waals surface area contributed by atoms with Crippen molar-refractivity contribution < 1.29 is 53.6 Å². The fourth-order valence-electron chi connectivity index (χ4n) is 6.93. The number of carbonyl (C=O) groups excluding carboxylic acids is 5. The van der Waals surface area contributed by atoms with Crippen LogP contribution in [0.25, 0.3) is 33.4 Å². The molecule has 0 fully saturated rings. The van der Waals surface area contributed by atoms with Crippen molar-refractivity contribution in [3.63, 3.8) is 0 Å². The average molecular weight is 793 g/mol. The number of aromatic carboxylic acids is 1. The number of carboxylic acid groups (broad SMARTS) is 1. The van der Waals surface area contributed by atoms with Gasteiger partial charge >= 0.3 is 5.97 Å². The molecule has 58 heavy (non-hydrogen) atoms. The number of ketones is 3. The first-order valence-electron chi connectivity index (χ1n) is 18.7. The third-order valence-corrected chi connectivity index (χ3v) is 10.0. The molecule has 4 atom stereocenters. The van der Waals surface area contributed by atoms with E-state index in [-0.39, 0.29) is 77.2 Å². The molecular weight excluding hydrogens is 748 g/mol. The predicted molar refractivity (Wildman–Crippen MR) is 212 cm³/mol. The van der Waals surface area contributed by atoms with Gasteiger partial charge in [-0.05, 0) is 61.2 Å². The van der Waals surface area contributed by atoms with Gasteiger partial charge in [0.25, 0.3) is 0 Å². The number of hydrogen-bond acceptors (Lipinski definition) is 11. The SMILES string of the molecule is CNC(=O)[C@@H](CC(=O)[C@H](CO)NC(=O)[C@@H](CC(=O)CCCC(=O)c1ccc(-c2c3ccc(=O)cc-3oc3cc(O)ccc23)c(C(=O)O)c1)C(C)O)Cc1ccccc1. The first-order valence-corrected chi connectivity index (χ1v) is 18.7. The van der Waals surface area contributed by atoms with Crippen LogP contribution in [-0.2, 0) is 25.6 Å². The highest BCUT2D eigenvalue weighted by atomic mass is 16.4. The van der Waals surface area contributed by atoms with Crippen LogP contribution in [0, 0.1) is 11.8 Å². The van der Waals surface area contributed by atoms with Crippen LogP contribution in [0.3, 0.4) is 0 Å². The minimum absolute atomic E-state index is 0.0481. The number of carboxylic acids is 1. The van der Waals surface area contributed by atoms with Gasteiger partial charge in [0.2, 0.25) is 11.8 Å². The Labute approximate surface area is 332 Å². The van der Waals surface area contributed by atoms with Crippen molar-refractivity contribution in [2.45, 2.75) is 57.6 Å². The summed E-state index contributed by atoms with van der Waals surface area (Å²) in [6.07, 6.45) is -2.02. The molecule has 1 unspecified atom stereocenters. The highest BCUT2D eigenvalue weighted by molar-refractivity contribution is 6.09. The Morgan fingerprint density at radius 2 is 1.55 bits per heavy atom. The normalized spacial score (nSPS) is 13.3. The first kappa shape index (κ1) is 42.6. The molecule has 5 rings (SSSR count). The molecule has 6 N–H and O–H groups in total. The number of aromatic hydroxyl groups is 1. The van der Waals surface area contributed by atoms with E-state index in [4.69, 9.17) is 4.42 Å². The summed E-state index contributed by atoms with van der Waals surface area (Å²) in [6, 6.07) is 20.2. The van der Waals surface area contributed by atoms with Crippen molar-refractivity contribution in [2.24, 2.45) is 11.8 Å². The van der Waals surface area contributed by atoms with Gasteiger partial charge in [-0.3, -0.25) is 28.8 Å². The van der Waals surface area contributed by atoms with E-state index in [1.54, 1.807) is 18.2 Å². The summed E-state index contributed by atoms with van der Waals surface area (Å²) in [4.78, 5) is 90.0. The zero-order chi connectivity index (χ0) is 42.1. The number of aliphatic hydroxyl groups is 2. The van der Waals surface area contributed by atoms with Gasteiger partial charge in [-0.25, -0.2) is 4.79 Å². The number of phenols is 1. The van der Waals surface area contributed by atoms with Crippen LogP contribution in [-0.4, -0.2) is 81.4 Å². The molecule has 1 heterocycles. The summed E-state index contributed by atoms with van der Waals surface area (Å²) in [5.41, 5.74) is 1.64. The Balaban J connectivity index is 1.23. The summed E-state index contributed by atoms with van der Waals surface area (Å²) in [6.45, 7) is 0.535. The smallest absolute Gasteiger partial charge is 0.336 e. The lowest BCUT2D eigenvalue weighted by Crippen LogP contribution is -2.49. The zero-order valence-electron chi connectivity index (χ0n) is 31.9. The van der Waals surface area contributed by atoms with Crippen LogP contribution < -0.4 is 16.1 Å². The summed E-state index contributed by atoms with van der Waals surface area (Å²) in [7, 11) is 1.44. The van der Waals surface area contributed by atoms with Gasteiger partial charge in [-0.15, -0.1) is 0 Å². The third kappa shape index (κ3) is 10.3. The fraction of sp³-hybridized carbons (Fsp3) is 0.295. The molecular formula is C44H44N2O12. The lowest BCUT2D eigenvalue weighted by atomic mass is 9.89. The molecule has 0 bridgehead atoms. The van der Waals surface area contributed by atoms with Gasteiger partial charge in [0.05, 0.1) is 24.2 Å². The third-order valence-electron chi connectivity index (χ3n) is 10.0. The largest absolute Gasteiger partial charge is 0.508 e. The molecule has 0 saturated carbocycles. The van der Waals surface area contributed by atoms with Gasteiger partial charge in [0.1, 0.15) is 28.9 Å². The highest BCUT2D eigenvalue weighted by Gasteiger charge is 2.32. The summed E-state index contributed by atoms with van der Waals surface area (Å²) in [5.74, 6) is -6.05. The number of nitrogens with one attached hydrogen (secondary N) is 2. The number of aliphatic hydroxyl groups excluding tert-OH is 2. The minimum Gasteiger partial charge on any atom is -0.508 e. The fourth-order valence-corrected chi connectivity index (χ4v) is 6.93. The molecule has 3 aromatic carbocycles. The Hall–Kier alpha value is -6.51. The molecule has 0 radical (unpaired) electrons. The Morgan fingerprint density at radius 3 is 2.22 bits per heavy atom. The maximum atomic E-state index is 13.3. The molecule has 3 aromatic rings. The molecule has 302 valence electrons. The summed E-state index contributed by atoms with van der Waals surface area (Å²) in [5, 5.41) is 46.1. The molecule has 1 aliphatic carbocycles. The van der Waals surface area contributed by atoms with Gasteiger partial charge in [0, 0.05) is 72.9 Å². The monoisotopic (exact) mass is 792 g/mol. The van der Waals surface area contributed by atoms with Crippen molar-refractivity contribution >= 4 is 46.1 Å². The summed E-state index contributed by atoms with van der Waals surface area (Å²) < 4.78 is 5.86. The number of Topliss-reactive ketones (excluding diaryl/α,β-unsaturated/α-hetero) is 3. The Kier molecular flexibility index (Phi) is 14.0. The zero-order valence-corrected chi connectivity index (χ0v) is 31.9. The van der Waals surface area contributed by atoms with E-state index in [2.05, 4.69) is 10.6 Å². The molecule has 0 saturated heterocycles. The van der Waals surface area contributed by atoms with E-state index in [0.29, 0.717) is 16.5 Å². The van der Waals surface area contributed by atoms with Crippen LogP contribution in [0.2, 0.25) is 0 Å². The van der Waals surface area contributed by atoms with Crippen molar-refractivity contribution in [2.75, 3.05) is 13.7 Å². The average Bonchev–Trinajstić information content (AvgIpc) is 3.20. The van der Waals surface area contributed by atoms with E-state index in [9.17, 15) is 54.0 Å². The number of phenolic OH excluding ortho intramolecular Hbond substituents is 1. The Bertz CT molecular complexity index is 2370. The Morgan fingerprint density at radius 1 is 0.828 bits per heavy atom. The van der Waals surface area contributed by atoms with Gasteiger partial charge in [-0.2, -0.15) is 0 Å². The molecule has 14 nitrogen and oxygen atoms in total. The minimum atomic E-state index is -1.39. The van der Waals surface area contributed by atoms with Gasteiger partial charge < -0.3 is 35.5 Å². The van der Waals surface area contributed by atoms with Crippen LogP contribution >= 0.6 is 0 Å².